The van der Waals surface area contributed by atoms with Crippen LogP contribution in [0.15, 0.2) is 42.5 Å². The molecule has 2 aromatic rings. The quantitative estimate of drug-likeness (QED) is 0.879. The van der Waals surface area contributed by atoms with E-state index < -0.39 is 17.7 Å². The minimum Gasteiger partial charge on any atom is -0.508 e. The Balaban J connectivity index is 2.16. The van der Waals surface area contributed by atoms with E-state index >= 15 is 0 Å². The fourth-order valence-electron chi connectivity index (χ4n) is 1.74. The Morgan fingerprint density at radius 3 is 2.06 bits per heavy atom. The Bertz CT molecular complexity index is 518. The number of hydrogen-bond acceptors (Lipinski definition) is 2. The summed E-state index contributed by atoms with van der Waals surface area (Å²) in [5, 5.41) is 19.0. The first kappa shape index (κ1) is 12.5. The molecule has 18 heavy (non-hydrogen) atoms. The van der Waals surface area contributed by atoms with E-state index in [4.69, 9.17) is 5.11 Å². The highest BCUT2D eigenvalue weighted by Crippen LogP contribution is 2.21. The highest BCUT2D eigenvalue weighted by Gasteiger charge is 2.11. The Morgan fingerprint density at radius 2 is 1.50 bits per heavy atom. The van der Waals surface area contributed by atoms with E-state index in [1.165, 1.54) is 12.1 Å². The van der Waals surface area contributed by atoms with Crippen molar-refractivity contribution in [1.82, 2.24) is 0 Å². The molecule has 0 saturated heterocycles. The van der Waals surface area contributed by atoms with Crippen LogP contribution in [0, 0.1) is 11.6 Å². The number of aliphatic hydroxyl groups excluding tert-OH is 1. The molecule has 0 heterocycles. The Hall–Kier alpha value is -1.94. The second-order valence-electron chi connectivity index (χ2n) is 4.09. The van der Waals surface area contributed by atoms with Crippen LogP contribution in [0.1, 0.15) is 17.2 Å². The molecule has 0 aromatic heterocycles. The molecule has 2 rings (SSSR count). The fourth-order valence-corrected chi connectivity index (χ4v) is 1.74. The lowest BCUT2D eigenvalue weighted by Crippen LogP contribution is -2.03. The maximum Gasteiger partial charge on any atom is 0.126 e. The molecule has 0 spiro atoms. The number of phenols is 1. The Kier molecular flexibility index (Phi) is 3.58. The summed E-state index contributed by atoms with van der Waals surface area (Å²) in [7, 11) is 0. The number of aliphatic hydroxyl groups is 1. The van der Waals surface area contributed by atoms with Crippen molar-refractivity contribution in [3.8, 4) is 5.75 Å². The van der Waals surface area contributed by atoms with E-state index in [1.807, 2.05) is 0 Å². The van der Waals surface area contributed by atoms with Gasteiger partial charge in [-0.25, -0.2) is 8.78 Å². The molecule has 1 unspecified atom stereocenters. The normalized spacial score (nSPS) is 12.4. The molecule has 0 aliphatic carbocycles. The third-order valence-corrected chi connectivity index (χ3v) is 2.64. The van der Waals surface area contributed by atoms with Crippen LogP contribution in [-0.2, 0) is 6.42 Å². The molecule has 0 saturated carbocycles. The largest absolute Gasteiger partial charge is 0.508 e. The zero-order valence-electron chi connectivity index (χ0n) is 9.48. The van der Waals surface area contributed by atoms with E-state index in [2.05, 4.69) is 0 Å². The summed E-state index contributed by atoms with van der Waals surface area (Å²) >= 11 is 0. The molecule has 0 fully saturated rings. The first-order valence-electron chi connectivity index (χ1n) is 5.46. The van der Waals surface area contributed by atoms with E-state index in [0.717, 1.165) is 23.8 Å². The SMILES string of the molecule is Oc1ccc(CC(O)c2cc(F)cc(F)c2)cc1. The lowest BCUT2D eigenvalue weighted by Gasteiger charge is -2.11. The van der Waals surface area contributed by atoms with Crippen LogP contribution in [0.2, 0.25) is 0 Å². The summed E-state index contributed by atoms with van der Waals surface area (Å²) in [6.07, 6.45) is -0.761. The van der Waals surface area contributed by atoms with Gasteiger partial charge in [0.05, 0.1) is 6.10 Å². The van der Waals surface area contributed by atoms with Crippen molar-refractivity contribution in [3.63, 3.8) is 0 Å². The Morgan fingerprint density at radius 1 is 0.944 bits per heavy atom. The van der Waals surface area contributed by atoms with Crippen LogP contribution in [0.25, 0.3) is 0 Å². The number of rotatable bonds is 3. The van der Waals surface area contributed by atoms with Gasteiger partial charge >= 0.3 is 0 Å². The smallest absolute Gasteiger partial charge is 0.126 e. The van der Waals surface area contributed by atoms with Crippen molar-refractivity contribution in [2.75, 3.05) is 0 Å². The summed E-state index contributed by atoms with van der Waals surface area (Å²) in [4.78, 5) is 0. The predicted octanol–water partition coefficient (Wildman–Crippen LogP) is 2.95. The fraction of sp³-hybridized carbons (Fsp3) is 0.143. The first-order chi connectivity index (χ1) is 8.54. The molecule has 2 aromatic carbocycles. The van der Waals surface area contributed by atoms with Crippen LogP contribution in [0.4, 0.5) is 8.78 Å². The van der Waals surface area contributed by atoms with Crippen molar-refractivity contribution in [2.45, 2.75) is 12.5 Å². The van der Waals surface area contributed by atoms with Crippen molar-refractivity contribution < 1.29 is 19.0 Å². The minimum atomic E-state index is -0.986. The van der Waals surface area contributed by atoms with Gasteiger partial charge in [-0.1, -0.05) is 12.1 Å². The average molecular weight is 250 g/mol. The van der Waals surface area contributed by atoms with Crippen LogP contribution in [0.3, 0.4) is 0 Å². The molecule has 0 radical (unpaired) electrons. The standard InChI is InChI=1S/C14H12F2O2/c15-11-6-10(7-12(16)8-11)14(18)5-9-1-3-13(17)4-2-9/h1-4,6-8,14,17-18H,5H2. The third-order valence-electron chi connectivity index (χ3n) is 2.64. The van der Waals surface area contributed by atoms with Crippen LogP contribution >= 0.6 is 0 Å². The van der Waals surface area contributed by atoms with Crippen molar-refractivity contribution in [2.24, 2.45) is 0 Å². The van der Waals surface area contributed by atoms with E-state index in [-0.39, 0.29) is 17.7 Å². The van der Waals surface area contributed by atoms with Crippen LogP contribution < -0.4 is 0 Å². The minimum absolute atomic E-state index is 0.130. The topological polar surface area (TPSA) is 40.5 Å². The maximum atomic E-state index is 13.0. The summed E-state index contributed by atoms with van der Waals surface area (Å²) in [5.74, 6) is -1.30. The molecule has 4 heteroatoms. The van der Waals surface area contributed by atoms with E-state index in [1.54, 1.807) is 12.1 Å². The van der Waals surface area contributed by atoms with Crippen LogP contribution in [-0.4, -0.2) is 10.2 Å². The van der Waals surface area contributed by atoms with Gasteiger partial charge in [0.15, 0.2) is 0 Å². The van der Waals surface area contributed by atoms with Gasteiger partial charge in [-0.15, -0.1) is 0 Å². The number of hydrogen-bond donors (Lipinski definition) is 2. The molecular weight excluding hydrogens is 238 g/mol. The maximum absolute atomic E-state index is 13.0. The summed E-state index contributed by atoms with van der Waals surface area (Å²) in [6, 6.07) is 9.25. The number of benzene rings is 2. The molecule has 2 nitrogen and oxygen atoms in total. The zero-order valence-corrected chi connectivity index (χ0v) is 9.48. The van der Waals surface area contributed by atoms with Gasteiger partial charge in [0.1, 0.15) is 17.4 Å². The summed E-state index contributed by atoms with van der Waals surface area (Å²) < 4.78 is 26.0. The summed E-state index contributed by atoms with van der Waals surface area (Å²) in [6.45, 7) is 0. The van der Waals surface area contributed by atoms with Crippen molar-refractivity contribution in [3.05, 3.63) is 65.2 Å². The molecule has 0 bridgehead atoms. The van der Waals surface area contributed by atoms with Gasteiger partial charge < -0.3 is 10.2 Å². The van der Waals surface area contributed by atoms with Gasteiger partial charge in [-0.2, -0.15) is 0 Å². The molecule has 1 atom stereocenters. The zero-order chi connectivity index (χ0) is 13.1. The Labute approximate surface area is 103 Å². The van der Waals surface area contributed by atoms with Crippen LogP contribution in [0.5, 0.6) is 5.75 Å². The van der Waals surface area contributed by atoms with Crippen molar-refractivity contribution in [1.29, 1.82) is 0 Å². The van der Waals surface area contributed by atoms with Gasteiger partial charge in [0, 0.05) is 12.5 Å². The second-order valence-corrected chi connectivity index (χ2v) is 4.09. The number of aromatic hydroxyl groups is 1. The highest BCUT2D eigenvalue weighted by molar-refractivity contribution is 5.28. The van der Waals surface area contributed by atoms with Gasteiger partial charge in [-0.05, 0) is 35.4 Å². The van der Waals surface area contributed by atoms with E-state index in [9.17, 15) is 13.9 Å². The molecule has 2 N–H and O–H groups in total. The first-order valence-corrected chi connectivity index (χ1v) is 5.46. The number of halogens is 2. The average Bonchev–Trinajstić information content (AvgIpc) is 2.31. The molecular formula is C14H12F2O2. The van der Waals surface area contributed by atoms with Gasteiger partial charge in [0.2, 0.25) is 0 Å². The monoisotopic (exact) mass is 250 g/mol. The predicted molar refractivity (Wildman–Crippen MR) is 63.1 cm³/mol. The highest BCUT2D eigenvalue weighted by atomic mass is 19.1. The van der Waals surface area contributed by atoms with E-state index in [0.29, 0.717) is 0 Å². The third kappa shape index (κ3) is 3.05. The molecule has 94 valence electrons. The lowest BCUT2D eigenvalue weighted by molar-refractivity contribution is 0.177. The second kappa shape index (κ2) is 5.14. The molecule has 0 amide bonds. The van der Waals surface area contributed by atoms with Gasteiger partial charge in [-0.3, -0.25) is 0 Å². The molecule has 0 aliphatic rings. The summed E-state index contributed by atoms with van der Waals surface area (Å²) in [5.41, 5.74) is 0.963. The van der Waals surface area contributed by atoms with Crippen molar-refractivity contribution >= 4 is 0 Å². The van der Waals surface area contributed by atoms with Gasteiger partial charge in [0.25, 0.3) is 0 Å². The molecule has 0 aliphatic heterocycles. The number of phenolic OH excluding ortho intramolecular Hbond substituents is 1. The lowest BCUT2D eigenvalue weighted by atomic mass is 10.0.